The van der Waals surface area contributed by atoms with Crippen molar-refractivity contribution in [3.05, 3.63) is 29.3 Å². The molecule has 0 fully saturated rings. The summed E-state index contributed by atoms with van der Waals surface area (Å²) in [7, 11) is 1.47. The third kappa shape index (κ3) is 3.56. The number of hydrogen-bond acceptors (Lipinski definition) is 5. The Morgan fingerprint density at radius 2 is 2.06 bits per heavy atom. The van der Waals surface area contributed by atoms with E-state index in [1.54, 1.807) is 23.6 Å². The molecule has 0 radical (unpaired) electrons. The lowest BCUT2D eigenvalue weighted by molar-refractivity contribution is -0.139. The van der Waals surface area contributed by atoms with Gasteiger partial charge in [-0.25, -0.2) is 5.84 Å². The van der Waals surface area contributed by atoms with Crippen LogP contribution in [0.5, 0.6) is 5.75 Å². The summed E-state index contributed by atoms with van der Waals surface area (Å²) in [5, 5.41) is 2.35. The maximum absolute atomic E-state index is 11.2. The van der Waals surface area contributed by atoms with E-state index in [1.165, 1.54) is 7.11 Å². The lowest BCUT2D eigenvalue weighted by Crippen LogP contribution is -2.42. The molecule has 0 unspecified atom stereocenters. The van der Waals surface area contributed by atoms with Gasteiger partial charge in [0.05, 0.1) is 7.11 Å². The molecule has 0 heterocycles. The zero-order valence-corrected chi connectivity index (χ0v) is 9.73. The predicted molar refractivity (Wildman–Crippen MR) is 62.6 cm³/mol. The third-order valence-corrected chi connectivity index (χ3v) is 2.15. The molecule has 7 nitrogen and oxygen atoms in total. The van der Waals surface area contributed by atoms with Crippen molar-refractivity contribution in [3.8, 4) is 5.75 Å². The van der Waals surface area contributed by atoms with Crippen LogP contribution in [0.4, 0.5) is 0 Å². The number of rotatable bonds is 4. The number of aldehydes is 1. The maximum Gasteiger partial charge on any atom is 0.323 e. The van der Waals surface area contributed by atoms with Gasteiger partial charge < -0.3 is 10.1 Å². The first kappa shape index (κ1) is 13.7. The van der Waals surface area contributed by atoms with Crippen molar-refractivity contribution in [3.63, 3.8) is 0 Å². The molecule has 96 valence electrons. The first-order valence-corrected chi connectivity index (χ1v) is 5.02. The monoisotopic (exact) mass is 251 g/mol. The van der Waals surface area contributed by atoms with Crippen LogP contribution >= 0.6 is 0 Å². The second-order valence-corrected chi connectivity index (χ2v) is 3.39. The van der Waals surface area contributed by atoms with E-state index in [9.17, 15) is 14.4 Å². The summed E-state index contributed by atoms with van der Waals surface area (Å²) in [6.45, 7) is 0.0876. The first-order valence-electron chi connectivity index (χ1n) is 5.02. The van der Waals surface area contributed by atoms with Crippen LogP contribution in [-0.2, 0) is 16.1 Å². The second-order valence-electron chi connectivity index (χ2n) is 3.39. The normalized spacial score (nSPS) is 9.44. The molecular formula is C11H13N3O4. The summed E-state index contributed by atoms with van der Waals surface area (Å²) in [4.78, 5) is 32.7. The third-order valence-electron chi connectivity index (χ3n) is 2.15. The fraction of sp³-hybridized carbons (Fsp3) is 0.182. The molecule has 0 bridgehead atoms. The number of nitrogens with two attached hydrogens (primary N) is 1. The molecule has 0 saturated heterocycles. The Bertz CT molecular complexity index is 473. The summed E-state index contributed by atoms with van der Waals surface area (Å²) in [6.07, 6.45) is 0.667. The summed E-state index contributed by atoms with van der Waals surface area (Å²) in [6, 6.07) is 4.79. The van der Waals surface area contributed by atoms with Crippen molar-refractivity contribution in [2.75, 3.05) is 7.11 Å². The molecule has 1 aromatic carbocycles. The number of nitrogens with one attached hydrogen (secondary N) is 2. The number of methoxy groups -OCH3 is 1. The average molecular weight is 251 g/mol. The summed E-state index contributed by atoms with van der Waals surface area (Å²) in [5.74, 6) is 3.51. The molecular weight excluding hydrogens is 238 g/mol. The van der Waals surface area contributed by atoms with Crippen molar-refractivity contribution in [2.24, 2.45) is 5.84 Å². The molecule has 4 N–H and O–H groups in total. The van der Waals surface area contributed by atoms with E-state index in [1.807, 2.05) is 0 Å². The summed E-state index contributed by atoms with van der Waals surface area (Å²) >= 11 is 0. The minimum absolute atomic E-state index is 0.0876. The van der Waals surface area contributed by atoms with E-state index in [-0.39, 0.29) is 6.54 Å². The Morgan fingerprint density at radius 1 is 1.33 bits per heavy atom. The van der Waals surface area contributed by atoms with Gasteiger partial charge >= 0.3 is 11.8 Å². The molecule has 0 saturated carbocycles. The van der Waals surface area contributed by atoms with Crippen LogP contribution in [-0.4, -0.2) is 25.2 Å². The van der Waals surface area contributed by atoms with E-state index in [0.29, 0.717) is 23.2 Å². The SMILES string of the molecule is COc1cc(C=O)cc(CNC(=O)C(=O)NN)c1. The number of carbonyl (C=O) groups excluding carboxylic acids is 3. The standard InChI is InChI=1S/C11H13N3O4/c1-18-9-3-7(2-8(4-9)6-15)5-13-10(16)11(17)14-12/h2-4,6H,5,12H2,1H3,(H,13,16)(H,14,17). The van der Waals surface area contributed by atoms with E-state index in [4.69, 9.17) is 10.6 Å². The van der Waals surface area contributed by atoms with E-state index in [2.05, 4.69) is 5.32 Å². The number of hydrazine groups is 1. The van der Waals surface area contributed by atoms with Crippen molar-refractivity contribution in [1.29, 1.82) is 0 Å². The molecule has 1 aromatic rings. The lowest BCUT2D eigenvalue weighted by Gasteiger charge is -2.07. The molecule has 0 atom stereocenters. The fourth-order valence-electron chi connectivity index (χ4n) is 1.30. The van der Waals surface area contributed by atoms with Gasteiger partial charge in [-0.1, -0.05) is 0 Å². The highest BCUT2D eigenvalue weighted by Gasteiger charge is 2.11. The molecule has 1 rings (SSSR count). The van der Waals surface area contributed by atoms with Crippen LogP contribution in [0.2, 0.25) is 0 Å². The Kier molecular flexibility index (Phi) is 4.82. The number of amides is 2. The molecule has 0 aliphatic heterocycles. The quantitative estimate of drug-likeness (QED) is 0.211. The minimum Gasteiger partial charge on any atom is -0.497 e. The number of carbonyl (C=O) groups is 3. The molecule has 2 amide bonds. The van der Waals surface area contributed by atoms with Crippen LogP contribution in [0.25, 0.3) is 0 Å². The van der Waals surface area contributed by atoms with Gasteiger partial charge in [-0.15, -0.1) is 0 Å². The average Bonchev–Trinajstić information content (AvgIpc) is 2.43. The van der Waals surface area contributed by atoms with Gasteiger partial charge in [-0.3, -0.25) is 19.8 Å². The Balaban J connectivity index is 2.75. The molecule has 0 aliphatic carbocycles. The van der Waals surface area contributed by atoms with E-state index in [0.717, 1.165) is 0 Å². The van der Waals surface area contributed by atoms with Crippen LogP contribution < -0.4 is 21.3 Å². The molecule has 0 aliphatic rings. The van der Waals surface area contributed by atoms with Gasteiger partial charge in [0.15, 0.2) is 0 Å². The number of hydrogen-bond donors (Lipinski definition) is 3. The molecule has 0 spiro atoms. The first-order chi connectivity index (χ1) is 8.60. The van der Waals surface area contributed by atoms with Gasteiger partial charge in [0.1, 0.15) is 12.0 Å². The fourth-order valence-corrected chi connectivity index (χ4v) is 1.30. The molecule has 7 heteroatoms. The summed E-state index contributed by atoms with van der Waals surface area (Å²) in [5.41, 5.74) is 2.77. The highest BCUT2D eigenvalue weighted by Crippen LogP contribution is 2.15. The minimum atomic E-state index is -0.937. The number of ether oxygens (including phenoxy) is 1. The van der Waals surface area contributed by atoms with Gasteiger partial charge in [0, 0.05) is 12.1 Å². The second kappa shape index (κ2) is 6.36. The lowest BCUT2D eigenvalue weighted by atomic mass is 10.1. The van der Waals surface area contributed by atoms with Gasteiger partial charge in [-0.05, 0) is 23.8 Å². The highest BCUT2D eigenvalue weighted by atomic mass is 16.5. The topological polar surface area (TPSA) is 111 Å². The van der Waals surface area contributed by atoms with Crippen molar-refractivity contribution in [2.45, 2.75) is 6.54 Å². The Morgan fingerprint density at radius 3 is 2.61 bits per heavy atom. The van der Waals surface area contributed by atoms with Crippen molar-refractivity contribution < 1.29 is 19.1 Å². The Labute approximate surface area is 103 Å². The van der Waals surface area contributed by atoms with Crippen LogP contribution in [0, 0.1) is 0 Å². The number of benzene rings is 1. The zero-order chi connectivity index (χ0) is 13.5. The summed E-state index contributed by atoms with van der Waals surface area (Å²) < 4.78 is 5.00. The van der Waals surface area contributed by atoms with E-state index >= 15 is 0 Å². The molecule has 0 aromatic heterocycles. The van der Waals surface area contributed by atoms with Gasteiger partial charge in [0.2, 0.25) is 0 Å². The highest BCUT2D eigenvalue weighted by molar-refractivity contribution is 6.34. The van der Waals surface area contributed by atoms with Crippen LogP contribution in [0.1, 0.15) is 15.9 Å². The molecule has 18 heavy (non-hydrogen) atoms. The largest absolute Gasteiger partial charge is 0.497 e. The van der Waals surface area contributed by atoms with Crippen LogP contribution in [0.15, 0.2) is 18.2 Å². The Hall–Kier alpha value is -2.41. The van der Waals surface area contributed by atoms with Crippen molar-refractivity contribution in [1.82, 2.24) is 10.7 Å². The van der Waals surface area contributed by atoms with Crippen LogP contribution in [0.3, 0.4) is 0 Å². The van der Waals surface area contributed by atoms with E-state index < -0.39 is 11.8 Å². The van der Waals surface area contributed by atoms with Gasteiger partial charge in [-0.2, -0.15) is 0 Å². The van der Waals surface area contributed by atoms with Gasteiger partial charge in [0.25, 0.3) is 0 Å². The van der Waals surface area contributed by atoms with Crippen molar-refractivity contribution >= 4 is 18.1 Å². The maximum atomic E-state index is 11.2. The predicted octanol–water partition coefficient (Wildman–Crippen LogP) is -0.886. The smallest absolute Gasteiger partial charge is 0.323 e. The zero-order valence-electron chi connectivity index (χ0n) is 9.73.